The maximum Gasteiger partial charge on any atom is 0.215 e. The van der Waals surface area contributed by atoms with Crippen LogP contribution in [0.1, 0.15) is 19.4 Å². The summed E-state index contributed by atoms with van der Waals surface area (Å²) < 4.78 is 7.64. The highest BCUT2D eigenvalue weighted by Crippen LogP contribution is 2.22. The summed E-state index contributed by atoms with van der Waals surface area (Å²) in [4.78, 5) is 0. The van der Waals surface area contributed by atoms with E-state index in [-0.39, 0.29) is 0 Å². The van der Waals surface area contributed by atoms with Gasteiger partial charge in [0.1, 0.15) is 6.61 Å². The summed E-state index contributed by atoms with van der Waals surface area (Å²) in [6, 6.07) is 0.400. The molecular weight excluding hydrogens is 178 g/mol. The SMILES string of the molecule is CCNC1COc2c(CC)cnn2C1. The topological polar surface area (TPSA) is 39.1 Å². The molecule has 1 atom stereocenters. The molecule has 0 saturated heterocycles. The van der Waals surface area contributed by atoms with E-state index >= 15 is 0 Å². The van der Waals surface area contributed by atoms with Crippen molar-refractivity contribution in [3.05, 3.63) is 11.8 Å². The highest BCUT2D eigenvalue weighted by atomic mass is 16.5. The van der Waals surface area contributed by atoms with Crippen LogP contribution in [-0.4, -0.2) is 29.0 Å². The highest BCUT2D eigenvalue weighted by molar-refractivity contribution is 5.25. The molecule has 0 amide bonds. The fraction of sp³-hybridized carbons (Fsp3) is 0.700. The second-order valence-electron chi connectivity index (χ2n) is 3.58. The third-order valence-electron chi connectivity index (χ3n) is 2.55. The monoisotopic (exact) mass is 195 g/mol. The van der Waals surface area contributed by atoms with E-state index < -0.39 is 0 Å². The third kappa shape index (κ3) is 1.62. The minimum Gasteiger partial charge on any atom is -0.476 e. The van der Waals surface area contributed by atoms with Gasteiger partial charge in [-0.2, -0.15) is 5.10 Å². The Morgan fingerprint density at radius 1 is 1.64 bits per heavy atom. The molecule has 2 rings (SSSR count). The van der Waals surface area contributed by atoms with Crippen molar-refractivity contribution in [2.24, 2.45) is 0 Å². The lowest BCUT2D eigenvalue weighted by atomic mass is 10.2. The number of aromatic nitrogens is 2. The van der Waals surface area contributed by atoms with E-state index in [2.05, 4.69) is 24.3 Å². The van der Waals surface area contributed by atoms with Crippen LogP contribution in [0, 0.1) is 0 Å². The molecule has 78 valence electrons. The van der Waals surface area contributed by atoms with Crippen LogP contribution in [0.2, 0.25) is 0 Å². The Hall–Kier alpha value is -1.03. The number of nitrogens with zero attached hydrogens (tertiary/aromatic N) is 2. The molecule has 0 aromatic carbocycles. The van der Waals surface area contributed by atoms with Crippen LogP contribution >= 0.6 is 0 Å². The van der Waals surface area contributed by atoms with E-state index in [4.69, 9.17) is 4.74 Å². The minimum atomic E-state index is 0.400. The van der Waals surface area contributed by atoms with Gasteiger partial charge in [0, 0.05) is 5.56 Å². The number of fused-ring (bicyclic) bond motifs is 1. The van der Waals surface area contributed by atoms with E-state index in [1.54, 1.807) is 0 Å². The lowest BCUT2D eigenvalue weighted by Crippen LogP contribution is -2.41. The van der Waals surface area contributed by atoms with Gasteiger partial charge < -0.3 is 10.1 Å². The molecule has 1 N–H and O–H groups in total. The number of likely N-dealkylation sites (N-methyl/N-ethyl adjacent to an activating group) is 1. The molecule has 0 saturated carbocycles. The zero-order valence-corrected chi connectivity index (χ0v) is 8.79. The average Bonchev–Trinajstić information content (AvgIpc) is 2.60. The highest BCUT2D eigenvalue weighted by Gasteiger charge is 2.21. The van der Waals surface area contributed by atoms with Crippen molar-refractivity contribution in [2.75, 3.05) is 13.2 Å². The fourth-order valence-electron chi connectivity index (χ4n) is 1.81. The second kappa shape index (κ2) is 4.00. The van der Waals surface area contributed by atoms with E-state index in [0.29, 0.717) is 6.04 Å². The van der Waals surface area contributed by atoms with Gasteiger partial charge in [-0.15, -0.1) is 0 Å². The van der Waals surface area contributed by atoms with Crippen molar-refractivity contribution in [1.82, 2.24) is 15.1 Å². The van der Waals surface area contributed by atoms with Crippen LogP contribution in [0.4, 0.5) is 0 Å². The molecule has 14 heavy (non-hydrogen) atoms. The molecule has 1 aromatic heterocycles. The average molecular weight is 195 g/mol. The number of aryl methyl sites for hydroxylation is 1. The number of hydrogen-bond acceptors (Lipinski definition) is 3. The van der Waals surface area contributed by atoms with Gasteiger partial charge in [-0.25, -0.2) is 4.68 Å². The lowest BCUT2D eigenvalue weighted by molar-refractivity contribution is 0.183. The zero-order valence-electron chi connectivity index (χ0n) is 8.79. The Morgan fingerprint density at radius 2 is 2.50 bits per heavy atom. The summed E-state index contributed by atoms with van der Waals surface area (Å²) in [5.74, 6) is 0.960. The Kier molecular flexibility index (Phi) is 2.72. The van der Waals surface area contributed by atoms with E-state index in [0.717, 1.165) is 32.0 Å². The minimum absolute atomic E-state index is 0.400. The predicted octanol–water partition coefficient (Wildman–Crippen LogP) is 0.816. The molecular formula is C10H17N3O. The Morgan fingerprint density at radius 3 is 3.21 bits per heavy atom. The number of hydrogen-bond donors (Lipinski definition) is 1. The van der Waals surface area contributed by atoms with Gasteiger partial charge >= 0.3 is 0 Å². The van der Waals surface area contributed by atoms with Crippen LogP contribution < -0.4 is 10.1 Å². The van der Waals surface area contributed by atoms with Crippen LogP contribution in [0.25, 0.3) is 0 Å². The largest absolute Gasteiger partial charge is 0.476 e. The summed E-state index contributed by atoms with van der Waals surface area (Å²) in [7, 11) is 0. The van der Waals surface area contributed by atoms with Crippen molar-refractivity contribution in [2.45, 2.75) is 32.9 Å². The Labute approximate surface area is 84.3 Å². The smallest absolute Gasteiger partial charge is 0.215 e. The van der Waals surface area contributed by atoms with Gasteiger partial charge in [-0.05, 0) is 13.0 Å². The molecule has 1 aliphatic heterocycles. The lowest BCUT2D eigenvalue weighted by Gasteiger charge is -2.25. The summed E-state index contributed by atoms with van der Waals surface area (Å²) in [5, 5.41) is 7.68. The maximum atomic E-state index is 5.69. The standard InChI is InChI=1S/C10H17N3O/c1-3-8-5-12-13-6-9(11-4-2)7-14-10(8)13/h5,9,11H,3-4,6-7H2,1-2H3. The molecule has 0 radical (unpaired) electrons. The quantitative estimate of drug-likeness (QED) is 0.776. The van der Waals surface area contributed by atoms with E-state index in [1.165, 1.54) is 5.56 Å². The summed E-state index contributed by atoms with van der Waals surface area (Å²) in [5.41, 5.74) is 1.21. The molecule has 0 bridgehead atoms. The molecule has 1 aromatic rings. The van der Waals surface area contributed by atoms with Crippen molar-refractivity contribution >= 4 is 0 Å². The first-order valence-corrected chi connectivity index (χ1v) is 5.26. The van der Waals surface area contributed by atoms with Crippen LogP contribution in [0.15, 0.2) is 6.20 Å². The summed E-state index contributed by atoms with van der Waals surface area (Å²) >= 11 is 0. The van der Waals surface area contributed by atoms with Gasteiger partial charge in [0.15, 0.2) is 0 Å². The van der Waals surface area contributed by atoms with Gasteiger partial charge in [0.25, 0.3) is 0 Å². The van der Waals surface area contributed by atoms with Crippen LogP contribution in [0.5, 0.6) is 5.88 Å². The van der Waals surface area contributed by atoms with E-state index in [9.17, 15) is 0 Å². The fourth-order valence-corrected chi connectivity index (χ4v) is 1.81. The summed E-state index contributed by atoms with van der Waals surface area (Å²) in [6.45, 7) is 6.88. The molecule has 4 heteroatoms. The first kappa shape index (κ1) is 9.52. The molecule has 1 aliphatic rings. The first-order valence-electron chi connectivity index (χ1n) is 5.26. The maximum absolute atomic E-state index is 5.69. The van der Waals surface area contributed by atoms with Crippen LogP contribution in [0.3, 0.4) is 0 Å². The number of rotatable bonds is 3. The number of ether oxygens (including phenoxy) is 1. The molecule has 0 aliphatic carbocycles. The molecule has 4 nitrogen and oxygen atoms in total. The Balaban J connectivity index is 2.12. The predicted molar refractivity (Wildman–Crippen MR) is 54.6 cm³/mol. The molecule has 0 spiro atoms. The molecule has 2 heterocycles. The van der Waals surface area contributed by atoms with Crippen molar-refractivity contribution in [3.8, 4) is 5.88 Å². The van der Waals surface area contributed by atoms with Crippen LogP contribution in [-0.2, 0) is 13.0 Å². The molecule has 1 unspecified atom stereocenters. The normalized spacial score (nSPS) is 20.3. The van der Waals surface area contributed by atoms with Crippen molar-refractivity contribution in [3.63, 3.8) is 0 Å². The van der Waals surface area contributed by atoms with Gasteiger partial charge in [0.05, 0.1) is 18.8 Å². The number of nitrogens with one attached hydrogen (secondary N) is 1. The van der Waals surface area contributed by atoms with Gasteiger partial charge in [-0.1, -0.05) is 13.8 Å². The summed E-state index contributed by atoms with van der Waals surface area (Å²) in [6.07, 6.45) is 2.89. The van der Waals surface area contributed by atoms with E-state index in [1.807, 2.05) is 10.9 Å². The van der Waals surface area contributed by atoms with Gasteiger partial charge in [-0.3, -0.25) is 0 Å². The zero-order chi connectivity index (χ0) is 9.97. The van der Waals surface area contributed by atoms with Crippen molar-refractivity contribution < 1.29 is 4.74 Å². The third-order valence-corrected chi connectivity index (χ3v) is 2.55. The Bertz CT molecular complexity index is 308. The first-order chi connectivity index (χ1) is 6.85. The van der Waals surface area contributed by atoms with Crippen molar-refractivity contribution in [1.29, 1.82) is 0 Å². The van der Waals surface area contributed by atoms with Gasteiger partial charge in [0.2, 0.25) is 5.88 Å². The molecule has 0 fully saturated rings. The second-order valence-corrected chi connectivity index (χ2v) is 3.58.